The van der Waals surface area contributed by atoms with Gasteiger partial charge < -0.3 is 10.6 Å². The number of hydrogen-bond donors (Lipinski definition) is 2. The molecule has 0 unspecified atom stereocenters. The molecule has 0 radical (unpaired) electrons. The van der Waals surface area contributed by atoms with E-state index in [2.05, 4.69) is 15.6 Å². The Kier molecular flexibility index (Phi) is 4.47. The smallest absolute Gasteiger partial charge is 0.315 e. The fourth-order valence-corrected chi connectivity index (χ4v) is 0.984. The molecule has 1 rings (SSSR count). The second kappa shape index (κ2) is 5.96. The first-order valence-corrected chi connectivity index (χ1v) is 4.73. The summed E-state index contributed by atoms with van der Waals surface area (Å²) in [5.41, 5.74) is 1.05. The van der Waals surface area contributed by atoms with Gasteiger partial charge in [-0.05, 0) is 24.1 Å². The van der Waals surface area contributed by atoms with Gasteiger partial charge in [-0.25, -0.2) is 4.79 Å². The van der Waals surface area contributed by atoms with E-state index in [1.165, 1.54) is 0 Å². The number of rotatable bonds is 4. The maximum Gasteiger partial charge on any atom is 0.315 e. The van der Waals surface area contributed by atoms with Crippen molar-refractivity contribution in [3.63, 3.8) is 0 Å². The van der Waals surface area contributed by atoms with E-state index in [4.69, 9.17) is 0 Å². The molecule has 0 saturated heterocycles. The predicted octanol–water partition coefficient (Wildman–Crippen LogP) is 1.29. The fourth-order valence-electron chi connectivity index (χ4n) is 0.984. The molecule has 0 bridgehead atoms. The number of aromatic nitrogens is 1. The van der Waals surface area contributed by atoms with E-state index < -0.39 is 0 Å². The monoisotopic (exact) mass is 193 g/mol. The van der Waals surface area contributed by atoms with Crippen molar-refractivity contribution in [1.29, 1.82) is 0 Å². The van der Waals surface area contributed by atoms with Crippen LogP contribution in [0.4, 0.5) is 4.79 Å². The van der Waals surface area contributed by atoms with E-state index in [1.54, 1.807) is 12.4 Å². The highest BCUT2D eigenvalue weighted by molar-refractivity contribution is 5.73. The Bertz CT molecular complexity index is 274. The fraction of sp³-hybridized carbons (Fsp3) is 0.400. The largest absolute Gasteiger partial charge is 0.338 e. The molecule has 0 atom stereocenters. The van der Waals surface area contributed by atoms with Crippen molar-refractivity contribution >= 4 is 6.03 Å². The van der Waals surface area contributed by atoms with Crippen molar-refractivity contribution in [1.82, 2.24) is 15.6 Å². The summed E-state index contributed by atoms with van der Waals surface area (Å²) >= 11 is 0. The topological polar surface area (TPSA) is 54.0 Å². The quantitative estimate of drug-likeness (QED) is 0.757. The number of urea groups is 1. The molecule has 0 saturated carbocycles. The highest BCUT2D eigenvalue weighted by Gasteiger charge is 1.97. The van der Waals surface area contributed by atoms with Gasteiger partial charge in [0.1, 0.15) is 0 Å². The summed E-state index contributed by atoms with van der Waals surface area (Å²) in [6.45, 7) is 3.27. The van der Waals surface area contributed by atoms with Crippen molar-refractivity contribution in [2.75, 3.05) is 6.54 Å². The van der Waals surface area contributed by atoms with Gasteiger partial charge in [0.05, 0.1) is 0 Å². The Balaban J connectivity index is 2.24. The second-order valence-electron chi connectivity index (χ2n) is 2.96. The molecule has 0 aromatic carbocycles. The third kappa shape index (κ3) is 3.89. The average Bonchev–Trinajstić information content (AvgIpc) is 2.25. The molecule has 4 nitrogen and oxygen atoms in total. The third-order valence-electron chi connectivity index (χ3n) is 1.74. The molecule has 0 fully saturated rings. The van der Waals surface area contributed by atoms with Crippen LogP contribution >= 0.6 is 0 Å². The average molecular weight is 193 g/mol. The van der Waals surface area contributed by atoms with Gasteiger partial charge in [-0.15, -0.1) is 0 Å². The molecule has 76 valence electrons. The van der Waals surface area contributed by atoms with Gasteiger partial charge in [0.25, 0.3) is 0 Å². The molecular weight excluding hydrogens is 178 g/mol. The van der Waals surface area contributed by atoms with Gasteiger partial charge >= 0.3 is 6.03 Å². The summed E-state index contributed by atoms with van der Waals surface area (Å²) < 4.78 is 0. The van der Waals surface area contributed by atoms with Crippen molar-refractivity contribution in [3.05, 3.63) is 30.1 Å². The lowest BCUT2D eigenvalue weighted by Gasteiger charge is -2.05. The highest BCUT2D eigenvalue weighted by Crippen LogP contribution is 1.94. The third-order valence-corrected chi connectivity index (χ3v) is 1.74. The number of carbonyl (C=O) groups is 1. The first kappa shape index (κ1) is 10.5. The molecule has 0 aliphatic carbocycles. The second-order valence-corrected chi connectivity index (χ2v) is 2.96. The lowest BCUT2D eigenvalue weighted by atomic mass is 10.3. The Hall–Kier alpha value is -1.58. The Labute approximate surface area is 83.7 Å². The van der Waals surface area contributed by atoms with Gasteiger partial charge in [0.15, 0.2) is 0 Å². The summed E-state index contributed by atoms with van der Waals surface area (Å²) in [6.07, 6.45) is 4.37. The molecular formula is C10H15N3O. The molecule has 4 heteroatoms. The number of carbonyl (C=O) groups excluding carboxylic acids is 1. The number of nitrogens with one attached hydrogen (secondary N) is 2. The molecule has 1 heterocycles. The van der Waals surface area contributed by atoms with Crippen molar-refractivity contribution in [2.45, 2.75) is 19.9 Å². The summed E-state index contributed by atoms with van der Waals surface area (Å²) in [6, 6.07) is 3.63. The minimum absolute atomic E-state index is 0.122. The molecule has 0 aliphatic heterocycles. The van der Waals surface area contributed by atoms with Gasteiger partial charge in [0, 0.05) is 25.5 Å². The lowest BCUT2D eigenvalue weighted by Crippen LogP contribution is -2.35. The molecule has 0 aliphatic rings. The Morgan fingerprint density at radius 3 is 2.71 bits per heavy atom. The first-order chi connectivity index (χ1) is 6.83. The van der Waals surface area contributed by atoms with Crippen LogP contribution in [-0.4, -0.2) is 17.6 Å². The maximum absolute atomic E-state index is 11.1. The molecule has 1 aromatic heterocycles. The van der Waals surface area contributed by atoms with Crippen molar-refractivity contribution in [2.24, 2.45) is 0 Å². The van der Waals surface area contributed by atoms with E-state index in [-0.39, 0.29) is 6.03 Å². The zero-order valence-corrected chi connectivity index (χ0v) is 8.29. The van der Waals surface area contributed by atoms with E-state index in [0.717, 1.165) is 12.0 Å². The van der Waals surface area contributed by atoms with Crippen LogP contribution in [-0.2, 0) is 6.54 Å². The zero-order valence-electron chi connectivity index (χ0n) is 8.29. The normalized spacial score (nSPS) is 9.50. The Morgan fingerprint density at radius 2 is 2.07 bits per heavy atom. The summed E-state index contributed by atoms with van der Waals surface area (Å²) in [7, 11) is 0. The van der Waals surface area contributed by atoms with Gasteiger partial charge in [-0.3, -0.25) is 4.98 Å². The van der Waals surface area contributed by atoms with Crippen LogP contribution in [0.1, 0.15) is 18.9 Å². The molecule has 2 N–H and O–H groups in total. The van der Waals surface area contributed by atoms with Crippen LogP contribution in [0.5, 0.6) is 0 Å². The number of hydrogen-bond acceptors (Lipinski definition) is 2. The predicted molar refractivity (Wildman–Crippen MR) is 54.8 cm³/mol. The minimum atomic E-state index is -0.122. The number of amides is 2. The molecule has 0 spiro atoms. The van der Waals surface area contributed by atoms with E-state index >= 15 is 0 Å². The summed E-state index contributed by atoms with van der Waals surface area (Å²) in [5, 5.41) is 5.49. The van der Waals surface area contributed by atoms with Crippen molar-refractivity contribution in [3.8, 4) is 0 Å². The summed E-state index contributed by atoms with van der Waals surface area (Å²) in [5.74, 6) is 0. The highest BCUT2D eigenvalue weighted by atomic mass is 16.2. The first-order valence-electron chi connectivity index (χ1n) is 4.73. The van der Waals surface area contributed by atoms with E-state index in [1.807, 2.05) is 19.1 Å². The summed E-state index contributed by atoms with van der Waals surface area (Å²) in [4.78, 5) is 15.0. The van der Waals surface area contributed by atoms with Crippen molar-refractivity contribution < 1.29 is 4.79 Å². The van der Waals surface area contributed by atoms with Crippen LogP contribution in [0.15, 0.2) is 24.5 Å². The van der Waals surface area contributed by atoms with Crippen LogP contribution in [0, 0.1) is 0 Å². The number of pyridine rings is 1. The van der Waals surface area contributed by atoms with Gasteiger partial charge in [-0.1, -0.05) is 6.92 Å². The minimum Gasteiger partial charge on any atom is -0.338 e. The van der Waals surface area contributed by atoms with E-state index in [0.29, 0.717) is 13.1 Å². The molecule has 2 amide bonds. The van der Waals surface area contributed by atoms with Gasteiger partial charge in [-0.2, -0.15) is 0 Å². The van der Waals surface area contributed by atoms with E-state index in [9.17, 15) is 4.79 Å². The van der Waals surface area contributed by atoms with Crippen LogP contribution < -0.4 is 10.6 Å². The zero-order chi connectivity index (χ0) is 10.2. The van der Waals surface area contributed by atoms with Crippen LogP contribution in [0.2, 0.25) is 0 Å². The van der Waals surface area contributed by atoms with Crippen LogP contribution in [0.25, 0.3) is 0 Å². The molecule has 14 heavy (non-hydrogen) atoms. The standard InChI is InChI=1S/C10H15N3O/c1-2-5-12-10(14)13-8-9-3-6-11-7-4-9/h3-4,6-7H,2,5,8H2,1H3,(H2,12,13,14). The van der Waals surface area contributed by atoms with Crippen LogP contribution in [0.3, 0.4) is 0 Å². The molecule has 1 aromatic rings. The maximum atomic E-state index is 11.1. The lowest BCUT2D eigenvalue weighted by molar-refractivity contribution is 0.240. The van der Waals surface area contributed by atoms with Gasteiger partial charge in [0.2, 0.25) is 0 Å². The Morgan fingerprint density at radius 1 is 1.36 bits per heavy atom. The SMILES string of the molecule is CCCNC(=O)NCc1ccncc1. The number of nitrogens with zero attached hydrogens (tertiary/aromatic N) is 1.